The third-order valence-electron chi connectivity index (χ3n) is 3.49. The van der Waals surface area contributed by atoms with E-state index in [0.717, 1.165) is 0 Å². The van der Waals surface area contributed by atoms with Crippen LogP contribution in [0.1, 0.15) is 59.9 Å². The highest BCUT2D eigenvalue weighted by atomic mass is 16.6. The highest BCUT2D eigenvalue weighted by Crippen LogP contribution is 2.34. The average Bonchev–Trinajstić information content (AvgIpc) is 2.49. The Balaban J connectivity index is 3.28. The predicted octanol–water partition coefficient (Wildman–Crippen LogP) is 3.21. The molecule has 0 fully saturated rings. The Morgan fingerprint density at radius 2 is 1.56 bits per heavy atom. The van der Waals surface area contributed by atoms with Gasteiger partial charge in [0.1, 0.15) is 16.7 Å². The van der Waals surface area contributed by atoms with Gasteiger partial charge in [-0.15, -0.1) is 0 Å². The predicted molar refractivity (Wildman–Crippen MR) is 99.9 cm³/mol. The maximum Gasteiger partial charge on any atom is 0.331 e. The highest BCUT2D eigenvalue weighted by molar-refractivity contribution is 5.85. The van der Waals surface area contributed by atoms with Crippen LogP contribution in [0.4, 0.5) is 5.69 Å². The van der Waals surface area contributed by atoms with Crippen LogP contribution >= 0.6 is 0 Å². The molecule has 0 saturated heterocycles. The number of carbonyl (C=O) groups excluding carboxylic acids is 2. The van der Waals surface area contributed by atoms with Gasteiger partial charge in [-0.05, 0) is 54.0 Å². The van der Waals surface area contributed by atoms with Crippen LogP contribution in [0, 0.1) is 10.1 Å². The quantitative estimate of drug-likeness (QED) is 0.457. The lowest BCUT2D eigenvalue weighted by Crippen LogP contribution is -2.49. The average molecular weight is 380 g/mol. The Bertz CT molecular complexity index is 718. The molecule has 1 aromatic rings. The van der Waals surface area contributed by atoms with Gasteiger partial charge in [0, 0.05) is 12.5 Å². The molecule has 0 spiro atoms. The first-order chi connectivity index (χ1) is 12.2. The fourth-order valence-electron chi connectivity index (χ4n) is 2.42. The van der Waals surface area contributed by atoms with E-state index in [-0.39, 0.29) is 24.1 Å². The summed E-state index contributed by atoms with van der Waals surface area (Å²) in [4.78, 5) is 35.7. The van der Waals surface area contributed by atoms with Crippen LogP contribution < -0.4 is 5.73 Å². The molecule has 1 rings (SSSR count). The third-order valence-corrected chi connectivity index (χ3v) is 3.49. The lowest BCUT2D eigenvalue weighted by atomic mass is 9.85. The van der Waals surface area contributed by atoms with Crippen molar-refractivity contribution in [1.29, 1.82) is 0 Å². The maximum absolute atomic E-state index is 12.8. The zero-order chi connectivity index (χ0) is 21.0. The molecule has 8 nitrogen and oxygen atoms in total. The number of hydrogen-bond acceptors (Lipinski definition) is 7. The van der Waals surface area contributed by atoms with Crippen molar-refractivity contribution in [3.05, 3.63) is 39.9 Å². The molecule has 1 atom stereocenters. The molecule has 0 unspecified atom stereocenters. The van der Waals surface area contributed by atoms with Crippen molar-refractivity contribution in [1.82, 2.24) is 0 Å². The Labute approximate surface area is 159 Å². The van der Waals surface area contributed by atoms with E-state index in [4.69, 9.17) is 15.2 Å². The van der Waals surface area contributed by atoms with E-state index in [0.29, 0.717) is 0 Å². The number of nitrogens with two attached hydrogens (primary N) is 1. The summed E-state index contributed by atoms with van der Waals surface area (Å²) in [7, 11) is 0. The molecule has 0 radical (unpaired) electrons. The van der Waals surface area contributed by atoms with Crippen molar-refractivity contribution in [2.24, 2.45) is 5.73 Å². The monoisotopic (exact) mass is 380 g/mol. The van der Waals surface area contributed by atoms with Crippen LogP contribution in [0.3, 0.4) is 0 Å². The number of benzene rings is 1. The molecule has 8 heteroatoms. The summed E-state index contributed by atoms with van der Waals surface area (Å²) in [6, 6.07) is 5.68. The van der Waals surface area contributed by atoms with Gasteiger partial charge in [0.15, 0.2) is 0 Å². The summed E-state index contributed by atoms with van der Waals surface area (Å²) in [5.74, 6) is -1.40. The van der Waals surface area contributed by atoms with Crippen LogP contribution in [0.25, 0.3) is 0 Å². The van der Waals surface area contributed by atoms with E-state index in [2.05, 4.69) is 0 Å². The number of ether oxygens (including phenoxy) is 2. The molecular weight excluding hydrogens is 352 g/mol. The van der Waals surface area contributed by atoms with Gasteiger partial charge in [-0.3, -0.25) is 14.9 Å². The first-order valence-electron chi connectivity index (χ1n) is 8.64. The van der Waals surface area contributed by atoms with Crippen LogP contribution in [0.5, 0.6) is 0 Å². The zero-order valence-electron chi connectivity index (χ0n) is 16.7. The summed E-state index contributed by atoms with van der Waals surface area (Å²) in [5.41, 5.74) is 2.60. The molecule has 0 bridgehead atoms. The summed E-state index contributed by atoms with van der Waals surface area (Å²) in [5, 5.41) is 11.4. The fraction of sp³-hybridized carbons (Fsp3) is 0.579. The van der Waals surface area contributed by atoms with Crippen molar-refractivity contribution >= 4 is 17.6 Å². The van der Waals surface area contributed by atoms with Gasteiger partial charge in [-0.1, -0.05) is 12.1 Å². The molecule has 0 heterocycles. The van der Waals surface area contributed by atoms with Crippen molar-refractivity contribution in [3.8, 4) is 0 Å². The number of esters is 2. The molecule has 27 heavy (non-hydrogen) atoms. The largest absolute Gasteiger partial charge is 0.460 e. The van der Waals surface area contributed by atoms with Crippen LogP contribution in [0.15, 0.2) is 24.3 Å². The minimum absolute atomic E-state index is 0.00666. The fourth-order valence-corrected chi connectivity index (χ4v) is 2.42. The highest BCUT2D eigenvalue weighted by Gasteiger charge is 2.44. The Morgan fingerprint density at radius 1 is 1.04 bits per heavy atom. The second-order valence-electron chi connectivity index (χ2n) is 8.33. The Kier molecular flexibility index (Phi) is 6.72. The minimum atomic E-state index is -1.87. The van der Waals surface area contributed by atoms with Crippen LogP contribution in [-0.2, 0) is 24.6 Å². The van der Waals surface area contributed by atoms with Gasteiger partial charge in [0.25, 0.3) is 5.69 Å². The van der Waals surface area contributed by atoms with Crippen LogP contribution in [0.2, 0.25) is 0 Å². The summed E-state index contributed by atoms with van der Waals surface area (Å²) in [6.07, 6.45) is -0.388. The molecule has 0 aliphatic heterocycles. The first kappa shape index (κ1) is 22.6. The molecule has 0 aromatic heterocycles. The second-order valence-corrected chi connectivity index (χ2v) is 8.33. The van der Waals surface area contributed by atoms with Gasteiger partial charge in [0.05, 0.1) is 10.5 Å². The van der Waals surface area contributed by atoms with E-state index in [1.54, 1.807) is 47.6 Å². The van der Waals surface area contributed by atoms with E-state index in [1.807, 2.05) is 0 Å². The molecule has 150 valence electrons. The van der Waals surface area contributed by atoms with Gasteiger partial charge in [-0.25, -0.2) is 4.79 Å². The maximum atomic E-state index is 12.8. The standard InChI is InChI=1S/C19H28N2O6/c1-17(2,3)26-15(22)11-12-19(20,16(23)27-18(4,5)6)13-9-7-8-10-14(13)21(24)25/h7-10H,11-12,20H2,1-6H3/t19-/m0/s1. The number of nitro benzene ring substituents is 1. The van der Waals surface area contributed by atoms with Gasteiger partial charge in [-0.2, -0.15) is 0 Å². The molecule has 1 aromatic carbocycles. The Morgan fingerprint density at radius 3 is 2.04 bits per heavy atom. The zero-order valence-corrected chi connectivity index (χ0v) is 16.7. The smallest absolute Gasteiger partial charge is 0.331 e. The molecule has 0 aliphatic rings. The van der Waals surface area contributed by atoms with Crippen molar-refractivity contribution < 1.29 is 24.0 Å². The minimum Gasteiger partial charge on any atom is -0.460 e. The SMILES string of the molecule is CC(C)(C)OC(=O)CC[C@@](N)(C(=O)OC(C)(C)C)c1ccccc1[N+](=O)[O-]. The number of nitro groups is 1. The summed E-state index contributed by atoms with van der Waals surface area (Å²) >= 11 is 0. The molecule has 0 aliphatic carbocycles. The number of rotatable bonds is 6. The molecular formula is C19H28N2O6. The van der Waals surface area contributed by atoms with Gasteiger partial charge in [0.2, 0.25) is 0 Å². The number of hydrogen-bond donors (Lipinski definition) is 1. The first-order valence-corrected chi connectivity index (χ1v) is 8.64. The summed E-state index contributed by atoms with van der Waals surface area (Å²) in [6.45, 7) is 10.2. The lowest BCUT2D eigenvalue weighted by molar-refractivity contribution is -0.386. The molecule has 0 saturated carbocycles. The van der Waals surface area contributed by atoms with E-state index < -0.39 is 33.6 Å². The van der Waals surface area contributed by atoms with E-state index in [9.17, 15) is 19.7 Å². The van der Waals surface area contributed by atoms with Crippen LogP contribution in [-0.4, -0.2) is 28.1 Å². The normalized spacial score (nSPS) is 14.2. The number of carbonyl (C=O) groups is 2. The topological polar surface area (TPSA) is 122 Å². The van der Waals surface area contributed by atoms with E-state index in [1.165, 1.54) is 18.2 Å². The summed E-state index contributed by atoms with van der Waals surface area (Å²) < 4.78 is 10.6. The third kappa shape index (κ3) is 6.63. The number of para-hydroxylation sites is 1. The van der Waals surface area contributed by atoms with Crippen molar-refractivity contribution in [2.75, 3.05) is 0 Å². The van der Waals surface area contributed by atoms with Gasteiger partial charge < -0.3 is 15.2 Å². The molecule has 2 N–H and O–H groups in total. The Hall–Kier alpha value is -2.48. The number of nitrogens with zero attached hydrogens (tertiary/aromatic N) is 1. The molecule has 0 amide bonds. The lowest BCUT2D eigenvalue weighted by Gasteiger charge is -2.31. The van der Waals surface area contributed by atoms with Gasteiger partial charge >= 0.3 is 11.9 Å². The van der Waals surface area contributed by atoms with Crippen molar-refractivity contribution in [3.63, 3.8) is 0 Å². The second kappa shape index (κ2) is 8.04. The van der Waals surface area contributed by atoms with E-state index >= 15 is 0 Å². The van der Waals surface area contributed by atoms with Crippen molar-refractivity contribution in [2.45, 2.75) is 71.1 Å².